The van der Waals surface area contributed by atoms with Gasteiger partial charge in [0.25, 0.3) is 5.91 Å². The lowest BCUT2D eigenvalue weighted by atomic mass is 10.1. The van der Waals surface area contributed by atoms with Gasteiger partial charge in [-0.05, 0) is 43.3 Å². The number of ether oxygens (including phenoxy) is 2. The Bertz CT molecular complexity index is 984. The van der Waals surface area contributed by atoms with Crippen LogP contribution in [0.4, 0.5) is 5.69 Å². The molecule has 0 aliphatic rings. The molecule has 0 spiro atoms. The van der Waals surface area contributed by atoms with Gasteiger partial charge in [-0.1, -0.05) is 6.07 Å². The zero-order valence-electron chi connectivity index (χ0n) is 14.3. The van der Waals surface area contributed by atoms with Crippen LogP contribution in [-0.4, -0.2) is 39.6 Å². The highest BCUT2D eigenvalue weighted by Gasteiger charge is 2.12. The maximum Gasteiger partial charge on any atom is 0.344 e. The van der Waals surface area contributed by atoms with E-state index in [4.69, 9.17) is 9.47 Å². The summed E-state index contributed by atoms with van der Waals surface area (Å²) >= 11 is 1.05. The Hall–Kier alpha value is -3.33. The third-order valence-corrected chi connectivity index (χ3v) is 4.08. The molecule has 3 rings (SSSR count). The number of carbonyl (C=O) groups excluding carboxylic acids is 3. The number of fused-ring (bicyclic) bond motifs is 1. The highest BCUT2D eigenvalue weighted by atomic mass is 32.1. The molecule has 0 radical (unpaired) electrons. The van der Waals surface area contributed by atoms with Crippen LogP contribution in [0.25, 0.3) is 11.0 Å². The van der Waals surface area contributed by atoms with Gasteiger partial charge in [0.15, 0.2) is 19.0 Å². The number of nitrogens with one attached hydrogen (secondary N) is 1. The van der Waals surface area contributed by atoms with Gasteiger partial charge in [-0.25, -0.2) is 4.79 Å². The summed E-state index contributed by atoms with van der Waals surface area (Å²) in [7, 11) is 0. The maximum absolute atomic E-state index is 12.0. The van der Waals surface area contributed by atoms with E-state index in [1.807, 2.05) is 0 Å². The van der Waals surface area contributed by atoms with E-state index in [9.17, 15) is 14.4 Å². The minimum atomic E-state index is -0.686. The SMILES string of the molecule is CC(=O)c1ccc(OCC(=O)OCC(=O)Nc2cccc3nsnc23)cc1. The van der Waals surface area contributed by atoms with E-state index < -0.39 is 18.5 Å². The standard InChI is InChI=1S/C18H15N3O5S/c1-11(22)12-5-7-13(8-6-12)25-10-17(24)26-9-16(23)19-14-3-2-4-15-18(14)21-27-20-15/h2-8H,9-10H2,1H3,(H,19,23). The van der Waals surface area contributed by atoms with Gasteiger partial charge in [0.2, 0.25) is 0 Å². The number of anilines is 1. The fourth-order valence-corrected chi connectivity index (χ4v) is 2.76. The van der Waals surface area contributed by atoms with Crippen molar-refractivity contribution in [2.45, 2.75) is 6.92 Å². The van der Waals surface area contributed by atoms with Crippen molar-refractivity contribution in [3.63, 3.8) is 0 Å². The summed E-state index contributed by atoms with van der Waals surface area (Å²) in [5.41, 5.74) is 2.31. The average molecular weight is 385 g/mol. The zero-order chi connectivity index (χ0) is 19.2. The first kappa shape index (κ1) is 18.5. The van der Waals surface area contributed by atoms with Crippen LogP contribution in [-0.2, 0) is 14.3 Å². The third-order valence-electron chi connectivity index (χ3n) is 3.54. The zero-order valence-corrected chi connectivity index (χ0v) is 15.1. The summed E-state index contributed by atoms with van der Waals surface area (Å²) in [5, 5.41) is 2.63. The fraction of sp³-hybridized carbons (Fsp3) is 0.167. The summed E-state index contributed by atoms with van der Waals surface area (Å²) < 4.78 is 18.4. The molecule has 3 aromatic rings. The van der Waals surface area contributed by atoms with Crippen molar-refractivity contribution < 1.29 is 23.9 Å². The third kappa shape index (κ3) is 4.85. The number of nitrogens with zero attached hydrogens (tertiary/aromatic N) is 2. The molecule has 27 heavy (non-hydrogen) atoms. The van der Waals surface area contributed by atoms with Gasteiger partial charge < -0.3 is 14.8 Å². The number of hydrogen-bond donors (Lipinski definition) is 1. The second kappa shape index (κ2) is 8.37. The van der Waals surface area contributed by atoms with Crippen molar-refractivity contribution in [2.75, 3.05) is 18.5 Å². The van der Waals surface area contributed by atoms with Crippen LogP contribution in [0, 0.1) is 0 Å². The predicted molar refractivity (Wildman–Crippen MR) is 98.9 cm³/mol. The molecule has 0 atom stereocenters. The molecule has 0 saturated carbocycles. The molecule has 0 unspecified atom stereocenters. The Labute approximate surface area is 158 Å². The summed E-state index contributed by atoms with van der Waals surface area (Å²) in [4.78, 5) is 34.9. The van der Waals surface area contributed by atoms with E-state index in [-0.39, 0.29) is 12.4 Å². The van der Waals surface area contributed by atoms with Gasteiger partial charge in [-0.15, -0.1) is 0 Å². The number of Topliss-reactive ketones (excluding diaryl/α,β-unsaturated/α-hetero) is 1. The van der Waals surface area contributed by atoms with E-state index in [0.717, 1.165) is 11.7 Å². The van der Waals surface area contributed by atoms with Crippen LogP contribution < -0.4 is 10.1 Å². The van der Waals surface area contributed by atoms with Crippen molar-refractivity contribution >= 4 is 46.1 Å². The molecule has 8 nitrogen and oxygen atoms in total. The average Bonchev–Trinajstić information content (AvgIpc) is 3.15. The molecule has 9 heteroatoms. The molecule has 0 saturated heterocycles. The first-order valence-corrected chi connectivity index (χ1v) is 8.66. The number of aromatic nitrogens is 2. The lowest BCUT2D eigenvalue weighted by molar-refractivity contribution is -0.149. The molecule has 1 N–H and O–H groups in total. The number of benzene rings is 2. The summed E-state index contributed by atoms with van der Waals surface area (Å²) in [6, 6.07) is 11.6. The van der Waals surface area contributed by atoms with Crippen LogP contribution in [0.2, 0.25) is 0 Å². The molecule has 0 aliphatic heterocycles. The summed E-state index contributed by atoms with van der Waals surface area (Å²) in [6.45, 7) is 0.668. The quantitative estimate of drug-likeness (QED) is 0.492. The Balaban J connectivity index is 1.45. The lowest BCUT2D eigenvalue weighted by Gasteiger charge is -2.08. The number of ketones is 1. The first-order valence-electron chi connectivity index (χ1n) is 7.93. The van der Waals surface area contributed by atoms with Crippen LogP contribution in [0.15, 0.2) is 42.5 Å². The van der Waals surface area contributed by atoms with Crippen LogP contribution in [0.5, 0.6) is 5.75 Å². The number of amides is 1. The van der Waals surface area contributed by atoms with Gasteiger partial charge in [-0.2, -0.15) is 8.75 Å². The summed E-state index contributed by atoms with van der Waals surface area (Å²) in [6.07, 6.45) is 0. The molecule has 0 fully saturated rings. The van der Waals surface area contributed by atoms with Crippen molar-refractivity contribution in [2.24, 2.45) is 0 Å². The molecule has 0 bridgehead atoms. The Kier molecular flexibility index (Phi) is 5.72. The molecule has 0 aliphatic carbocycles. The Morgan fingerprint density at radius 1 is 1.04 bits per heavy atom. The monoisotopic (exact) mass is 385 g/mol. The van der Waals surface area contributed by atoms with Crippen molar-refractivity contribution in [3.05, 3.63) is 48.0 Å². The van der Waals surface area contributed by atoms with Gasteiger partial charge in [0.1, 0.15) is 16.8 Å². The van der Waals surface area contributed by atoms with Crippen LogP contribution in [0.1, 0.15) is 17.3 Å². The first-order chi connectivity index (χ1) is 13.0. The second-order valence-electron chi connectivity index (χ2n) is 5.52. The Morgan fingerprint density at radius 3 is 2.56 bits per heavy atom. The van der Waals surface area contributed by atoms with E-state index in [1.54, 1.807) is 42.5 Å². The van der Waals surface area contributed by atoms with E-state index in [1.165, 1.54) is 6.92 Å². The van der Waals surface area contributed by atoms with Crippen molar-refractivity contribution in [1.29, 1.82) is 0 Å². The van der Waals surface area contributed by atoms with E-state index >= 15 is 0 Å². The predicted octanol–water partition coefficient (Wildman–Crippen LogP) is 2.45. The smallest absolute Gasteiger partial charge is 0.344 e. The van der Waals surface area contributed by atoms with Gasteiger partial charge >= 0.3 is 5.97 Å². The highest BCUT2D eigenvalue weighted by Crippen LogP contribution is 2.20. The van der Waals surface area contributed by atoms with Gasteiger partial charge in [0, 0.05) is 5.56 Å². The molecule has 138 valence electrons. The topological polar surface area (TPSA) is 107 Å². The normalized spacial score (nSPS) is 10.4. The van der Waals surface area contributed by atoms with Gasteiger partial charge in [0.05, 0.1) is 17.4 Å². The molecule has 1 heterocycles. The fourth-order valence-electron chi connectivity index (χ4n) is 2.21. The van der Waals surface area contributed by atoms with Gasteiger partial charge in [-0.3, -0.25) is 9.59 Å². The molecule has 1 amide bonds. The maximum atomic E-state index is 12.0. The van der Waals surface area contributed by atoms with Crippen molar-refractivity contribution in [1.82, 2.24) is 8.75 Å². The van der Waals surface area contributed by atoms with Crippen LogP contribution in [0.3, 0.4) is 0 Å². The second-order valence-corrected chi connectivity index (χ2v) is 6.04. The largest absolute Gasteiger partial charge is 0.482 e. The summed E-state index contributed by atoms with van der Waals surface area (Å²) in [5.74, 6) is -0.816. The number of hydrogen-bond acceptors (Lipinski definition) is 8. The number of esters is 1. The lowest BCUT2D eigenvalue weighted by Crippen LogP contribution is -2.23. The minimum absolute atomic E-state index is 0.0592. The Morgan fingerprint density at radius 2 is 1.81 bits per heavy atom. The minimum Gasteiger partial charge on any atom is -0.482 e. The molecular formula is C18H15N3O5S. The highest BCUT2D eigenvalue weighted by molar-refractivity contribution is 7.00. The molecule has 2 aromatic carbocycles. The molecule has 1 aromatic heterocycles. The number of carbonyl (C=O) groups is 3. The van der Waals surface area contributed by atoms with E-state index in [2.05, 4.69) is 14.1 Å². The number of rotatable bonds is 7. The van der Waals surface area contributed by atoms with Crippen LogP contribution >= 0.6 is 11.7 Å². The van der Waals surface area contributed by atoms with Crippen molar-refractivity contribution in [3.8, 4) is 5.75 Å². The van der Waals surface area contributed by atoms with E-state index in [0.29, 0.717) is 28.0 Å². The molecular weight excluding hydrogens is 370 g/mol.